The van der Waals surface area contributed by atoms with Crippen molar-refractivity contribution in [3.8, 4) is 0 Å². The van der Waals surface area contributed by atoms with E-state index in [0.717, 1.165) is 38.5 Å². The molecule has 0 heterocycles. The Balaban J connectivity index is 1.73. The summed E-state index contributed by atoms with van der Waals surface area (Å²) in [6.07, 6.45) is 7.28. The van der Waals surface area contributed by atoms with Crippen LogP contribution in [-0.4, -0.2) is 22.8 Å². The Bertz CT molecular complexity index is 577. The number of fused-ring (bicyclic) bond motifs is 5. The van der Waals surface area contributed by atoms with E-state index in [-0.39, 0.29) is 23.0 Å². The zero-order valence-electron chi connectivity index (χ0n) is 13.6. The molecule has 6 unspecified atom stereocenters. The number of Topliss-reactive ketones (excluding diaryl/α,β-unsaturated/α-hetero) is 1. The molecule has 0 amide bonds. The molecule has 0 saturated heterocycles. The summed E-state index contributed by atoms with van der Waals surface area (Å²) in [4.78, 5) is 24.2. The first-order valence-corrected chi connectivity index (χ1v) is 8.82. The molecular formula is C19H26O3. The summed E-state index contributed by atoms with van der Waals surface area (Å²) in [6.45, 7) is 4.35. The summed E-state index contributed by atoms with van der Waals surface area (Å²) in [5.74, 6) is 1.99. The highest BCUT2D eigenvalue weighted by Gasteiger charge is 2.60. The van der Waals surface area contributed by atoms with Gasteiger partial charge in [-0.05, 0) is 55.9 Å². The predicted molar refractivity (Wildman–Crippen MR) is 83.1 cm³/mol. The van der Waals surface area contributed by atoms with E-state index in [4.69, 9.17) is 0 Å². The number of rotatable bonds is 0. The fourth-order valence-corrected chi connectivity index (χ4v) is 6.38. The van der Waals surface area contributed by atoms with Crippen LogP contribution < -0.4 is 0 Å². The molecule has 3 nitrogen and oxygen atoms in total. The van der Waals surface area contributed by atoms with Crippen LogP contribution in [0, 0.1) is 28.6 Å². The average Bonchev–Trinajstić information content (AvgIpc) is 2.77. The van der Waals surface area contributed by atoms with E-state index in [0.29, 0.717) is 23.5 Å². The second-order valence-electron chi connectivity index (χ2n) is 8.47. The Labute approximate surface area is 132 Å². The lowest BCUT2D eigenvalue weighted by Crippen LogP contribution is -2.55. The molecule has 0 aliphatic heterocycles. The Hall–Kier alpha value is -0.960. The molecule has 3 heteroatoms. The standard InChI is InChI=1S/C19H26O3/c1-18-8-7-15-13(14(18)5-6-16(18)21)4-3-11-9-12(20)10-17(22)19(11,15)2/h9,13-15,17,22H,3-8,10H2,1-2H3. The Morgan fingerprint density at radius 1 is 1.09 bits per heavy atom. The highest BCUT2D eigenvalue weighted by Crippen LogP contribution is 2.64. The van der Waals surface area contributed by atoms with Gasteiger partial charge in [0.05, 0.1) is 6.10 Å². The molecule has 4 aliphatic carbocycles. The van der Waals surface area contributed by atoms with Gasteiger partial charge in [0.25, 0.3) is 0 Å². The SMILES string of the molecule is CC12CCC3C(CCC4=CC(=O)CC(O)C43C)C1CCC2=O. The van der Waals surface area contributed by atoms with Gasteiger partial charge >= 0.3 is 0 Å². The number of carbonyl (C=O) groups is 2. The van der Waals surface area contributed by atoms with E-state index >= 15 is 0 Å². The van der Waals surface area contributed by atoms with Crippen LogP contribution in [0.15, 0.2) is 11.6 Å². The highest BCUT2D eigenvalue weighted by atomic mass is 16.3. The van der Waals surface area contributed by atoms with Gasteiger partial charge in [0.2, 0.25) is 0 Å². The molecule has 0 aromatic rings. The van der Waals surface area contributed by atoms with E-state index in [1.807, 2.05) is 6.08 Å². The van der Waals surface area contributed by atoms with Crippen molar-refractivity contribution in [3.63, 3.8) is 0 Å². The van der Waals surface area contributed by atoms with Gasteiger partial charge in [0.15, 0.2) is 5.78 Å². The fraction of sp³-hybridized carbons (Fsp3) is 0.789. The largest absolute Gasteiger partial charge is 0.392 e. The molecule has 3 fully saturated rings. The van der Waals surface area contributed by atoms with Gasteiger partial charge < -0.3 is 5.11 Å². The lowest BCUT2D eigenvalue weighted by atomic mass is 9.47. The maximum Gasteiger partial charge on any atom is 0.158 e. The number of hydrogen-bond donors (Lipinski definition) is 1. The van der Waals surface area contributed by atoms with E-state index < -0.39 is 6.10 Å². The van der Waals surface area contributed by atoms with Gasteiger partial charge in [-0.1, -0.05) is 19.4 Å². The smallest absolute Gasteiger partial charge is 0.158 e. The number of ketones is 2. The van der Waals surface area contributed by atoms with Crippen LogP contribution in [0.2, 0.25) is 0 Å². The number of aliphatic hydroxyl groups excluding tert-OH is 1. The number of carbonyl (C=O) groups excluding carboxylic acids is 2. The van der Waals surface area contributed by atoms with Crippen LogP contribution in [0.5, 0.6) is 0 Å². The Morgan fingerprint density at radius 2 is 1.86 bits per heavy atom. The minimum atomic E-state index is -0.547. The van der Waals surface area contributed by atoms with Crippen LogP contribution in [-0.2, 0) is 9.59 Å². The van der Waals surface area contributed by atoms with Crippen molar-refractivity contribution in [1.82, 2.24) is 0 Å². The molecule has 6 atom stereocenters. The summed E-state index contributed by atoms with van der Waals surface area (Å²) in [6, 6.07) is 0. The van der Waals surface area contributed by atoms with Gasteiger partial charge in [-0.15, -0.1) is 0 Å². The van der Waals surface area contributed by atoms with Crippen molar-refractivity contribution in [1.29, 1.82) is 0 Å². The molecule has 120 valence electrons. The van der Waals surface area contributed by atoms with Crippen LogP contribution >= 0.6 is 0 Å². The lowest BCUT2D eigenvalue weighted by Gasteiger charge is -2.58. The summed E-state index contributed by atoms with van der Waals surface area (Å²) in [5.41, 5.74) is 0.809. The fourth-order valence-electron chi connectivity index (χ4n) is 6.38. The molecule has 0 bridgehead atoms. The Kier molecular flexibility index (Phi) is 3.01. The number of hydrogen-bond acceptors (Lipinski definition) is 3. The van der Waals surface area contributed by atoms with Crippen LogP contribution in [0.25, 0.3) is 0 Å². The van der Waals surface area contributed by atoms with E-state index in [9.17, 15) is 14.7 Å². The first kappa shape index (κ1) is 14.6. The van der Waals surface area contributed by atoms with Crippen molar-refractivity contribution >= 4 is 11.6 Å². The first-order valence-electron chi connectivity index (χ1n) is 8.82. The third-order valence-corrected chi connectivity index (χ3v) is 7.78. The summed E-state index contributed by atoms with van der Waals surface area (Å²) in [5, 5.41) is 10.7. The van der Waals surface area contributed by atoms with Crippen LogP contribution in [0.4, 0.5) is 0 Å². The van der Waals surface area contributed by atoms with Gasteiger partial charge in [-0.2, -0.15) is 0 Å². The zero-order valence-corrected chi connectivity index (χ0v) is 13.6. The molecule has 0 aromatic carbocycles. The first-order chi connectivity index (χ1) is 10.4. The van der Waals surface area contributed by atoms with E-state index in [1.54, 1.807) is 0 Å². The van der Waals surface area contributed by atoms with Crippen molar-refractivity contribution < 1.29 is 14.7 Å². The van der Waals surface area contributed by atoms with Gasteiger partial charge in [0, 0.05) is 23.7 Å². The van der Waals surface area contributed by atoms with Crippen molar-refractivity contribution in [3.05, 3.63) is 11.6 Å². The van der Waals surface area contributed by atoms with Crippen molar-refractivity contribution in [2.45, 2.75) is 64.9 Å². The summed E-state index contributed by atoms with van der Waals surface area (Å²) < 4.78 is 0. The quantitative estimate of drug-likeness (QED) is 0.748. The maximum atomic E-state index is 12.4. The van der Waals surface area contributed by atoms with Crippen molar-refractivity contribution in [2.75, 3.05) is 0 Å². The molecule has 4 aliphatic rings. The highest BCUT2D eigenvalue weighted by molar-refractivity contribution is 5.92. The van der Waals surface area contributed by atoms with E-state index in [1.165, 1.54) is 5.57 Å². The lowest BCUT2D eigenvalue weighted by molar-refractivity contribution is -0.136. The topological polar surface area (TPSA) is 54.4 Å². The monoisotopic (exact) mass is 302 g/mol. The molecule has 0 spiro atoms. The van der Waals surface area contributed by atoms with E-state index in [2.05, 4.69) is 13.8 Å². The van der Waals surface area contributed by atoms with Crippen LogP contribution in [0.3, 0.4) is 0 Å². The normalized spacial score (nSPS) is 51.0. The molecule has 0 radical (unpaired) electrons. The minimum absolute atomic E-state index is 0.0788. The van der Waals surface area contributed by atoms with Crippen LogP contribution in [0.1, 0.15) is 58.8 Å². The second-order valence-corrected chi connectivity index (χ2v) is 8.47. The molecule has 4 rings (SSSR count). The van der Waals surface area contributed by atoms with Crippen molar-refractivity contribution in [2.24, 2.45) is 28.6 Å². The zero-order chi connectivity index (χ0) is 15.7. The van der Waals surface area contributed by atoms with Gasteiger partial charge in [-0.3, -0.25) is 9.59 Å². The molecule has 22 heavy (non-hydrogen) atoms. The summed E-state index contributed by atoms with van der Waals surface area (Å²) in [7, 11) is 0. The van der Waals surface area contributed by atoms with Gasteiger partial charge in [-0.25, -0.2) is 0 Å². The Morgan fingerprint density at radius 3 is 2.64 bits per heavy atom. The maximum absolute atomic E-state index is 12.4. The third-order valence-electron chi connectivity index (χ3n) is 7.78. The minimum Gasteiger partial charge on any atom is -0.392 e. The molecular weight excluding hydrogens is 276 g/mol. The van der Waals surface area contributed by atoms with Gasteiger partial charge in [0.1, 0.15) is 5.78 Å². The molecule has 0 aromatic heterocycles. The molecule has 3 saturated carbocycles. The average molecular weight is 302 g/mol. The summed E-state index contributed by atoms with van der Waals surface area (Å²) >= 11 is 0. The third kappa shape index (κ3) is 1.66. The predicted octanol–water partition coefficient (Wildman–Crippen LogP) is 3.06. The number of aliphatic hydroxyl groups is 1. The molecule has 1 N–H and O–H groups in total. The second kappa shape index (κ2) is 4.53.